The zero-order valence-electron chi connectivity index (χ0n) is 13.3. The molecule has 0 saturated heterocycles. The van der Waals surface area contributed by atoms with Gasteiger partial charge >= 0.3 is 0 Å². The Morgan fingerprint density at radius 1 is 1.08 bits per heavy atom. The summed E-state index contributed by atoms with van der Waals surface area (Å²) in [5.41, 5.74) is 1.49. The smallest absolute Gasteiger partial charge is 0.251 e. The number of benzene rings is 2. The van der Waals surface area contributed by atoms with Crippen LogP contribution < -0.4 is 14.8 Å². The van der Waals surface area contributed by atoms with Gasteiger partial charge in [-0.25, -0.2) is 0 Å². The number of rotatable bonds is 5. The van der Waals surface area contributed by atoms with Gasteiger partial charge in [0.2, 0.25) is 6.79 Å². The van der Waals surface area contributed by atoms with E-state index < -0.39 is 0 Å². The molecular formula is C18H16N4O3. The minimum Gasteiger partial charge on any atom is -0.454 e. The number of carbonyl (C=O) groups is 1. The number of nitrogens with zero attached hydrogens (tertiary/aromatic N) is 3. The second-order valence-corrected chi connectivity index (χ2v) is 5.59. The minimum absolute atomic E-state index is 0.179. The van der Waals surface area contributed by atoms with E-state index in [1.807, 2.05) is 30.3 Å². The lowest BCUT2D eigenvalue weighted by Crippen LogP contribution is -2.32. The number of hydrogen-bond donors (Lipinski definition) is 1. The summed E-state index contributed by atoms with van der Waals surface area (Å²) in [5.74, 6) is 1.04. The number of carbonyl (C=O) groups excluding carboxylic acids is 1. The van der Waals surface area contributed by atoms with Crippen LogP contribution in [0.1, 0.15) is 22.0 Å². The predicted octanol–water partition coefficient (Wildman–Crippen LogP) is 2.18. The van der Waals surface area contributed by atoms with Crippen LogP contribution in [0, 0.1) is 0 Å². The van der Waals surface area contributed by atoms with Crippen LogP contribution in [0.5, 0.6) is 11.5 Å². The second kappa shape index (κ2) is 6.64. The van der Waals surface area contributed by atoms with Crippen molar-refractivity contribution in [2.75, 3.05) is 6.79 Å². The Balaban J connectivity index is 1.56. The molecule has 1 amide bonds. The standard InChI is InChI=1S/C18H16N4O3/c23-18(14-6-7-16-17(10-14)25-12-24-16)21-15(11-22-19-8-9-20-22)13-4-2-1-3-5-13/h1-10,15H,11-12H2,(H,21,23)/t15-/m1/s1. The Hall–Kier alpha value is -3.35. The molecule has 1 aromatic heterocycles. The van der Waals surface area contributed by atoms with E-state index in [0.717, 1.165) is 5.56 Å². The lowest BCUT2D eigenvalue weighted by atomic mass is 10.1. The van der Waals surface area contributed by atoms with Gasteiger partial charge in [-0.05, 0) is 23.8 Å². The quantitative estimate of drug-likeness (QED) is 0.773. The molecule has 7 heteroatoms. The van der Waals surface area contributed by atoms with Crippen LogP contribution in [-0.2, 0) is 6.54 Å². The van der Waals surface area contributed by atoms with Crippen LogP contribution >= 0.6 is 0 Å². The molecule has 0 aliphatic carbocycles. The molecule has 4 rings (SSSR count). The molecule has 7 nitrogen and oxygen atoms in total. The summed E-state index contributed by atoms with van der Waals surface area (Å²) in [6.45, 7) is 0.616. The first kappa shape index (κ1) is 15.2. The zero-order valence-corrected chi connectivity index (χ0v) is 13.3. The third-order valence-corrected chi connectivity index (χ3v) is 3.95. The first-order valence-electron chi connectivity index (χ1n) is 7.89. The molecule has 0 saturated carbocycles. The third-order valence-electron chi connectivity index (χ3n) is 3.95. The van der Waals surface area contributed by atoms with Crippen LogP contribution in [0.15, 0.2) is 60.9 Å². The summed E-state index contributed by atoms with van der Waals surface area (Å²) in [6.07, 6.45) is 3.23. The van der Waals surface area contributed by atoms with E-state index in [9.17, 15) is 4.79 Å². The summed E-state index contributed by atoms with van der Waals surface area (Å²) in [6, 6.07) is 14.6. The first-order valence-corrected chi connectivity index (χ1v) is 7.89. The average molecular weight is 336 g/mol. The SMILES string of the molecule is O=C(N[C@H](Cn1nccn1)c1ccccc1)c1ccc2c(c1)OCO2. The molecule has 1 aliphatic heterocycles. The van der Waals surface area contributed by atoms with Crippen molar-refractivity contribution in [3.8, 4) is 11.5 Å². The van der Waals surface area contributed by atoms with Crippen molar-refractivity contribution in [3.05, 3.63) is 72.1 Å². The normalized spacial score (nSPS) is 13.4. The van der Waals surface area contributed by atoms with Crippen molar-refractivity contribution in [3.63, 3.8) is 0 Å². The molecule has 2 heterocycles. The van der Waals surface area contributed by atoms with E-state index in [4.69, 9.17) is 9.47 Å². The lowest BCUT2D eigenvalue weighted by Gasteiger charge is -2.19. The fourth-order valence-electron chi connectivity index (χ4n) is 2.70. The van der Waals surface area contributed by atoms with Crippen molar-refractivity contribution in [2.45, 2.75) is 12.6 Å². The fourth-order valence-corrected chi connectivity index (χ4v) is 2.70. The highest BCUT2D eigenvalue weighted by Gasteiger charge is 2.20. The highest BCUT2D eigenvalue weighted by atomic mass is 16.7. The maximum Gasteiger partial charge on any atom is 0.251 e. The van der Waals surface area contributed by atoms with Crippen molar-refractivity contribution in [1.29, 1.82) is 0 Å². The van der Waals surface area contributed by atoms with Crippen LogP contribution in [0.2, 0.25) is 0 Å². The molecule has 2 aromatic carbocycles. The van der Waals surface area contributed by atoms with Crippen LogP contribution in [0.4, 0.5) is 0 Å². The third kappa shape index (κ3) is 3.30. The van der Waals surface area contributed by atoms with E-state index >= 15 is 0 Å². The molecule has 1 N–H and O–H groups in total. The first-order chi connectivity index (χ1) is 12.3. The van der Waals surface area contributed by atoms with Crippen LogP contribution in [0.25, 0.3) is 0 Å². The molecule has 0 spiro atoms. The molecule has 0 radical (unpaired) electrons. The van der Waals surface area contributed by atoms with Gasteiger partial charge < -0.3 is 14.8 Å². The highest BCUT2D eigenvalue weighted by molar-refractivity contribution is 5.95. The summed E-state index contributed by atoms with van der Waals surface area (Å²) in [4.78, 5) is 14.3. The number of ether oxygens (including phenoxy) is 2. The number of hydrogen-bond acceptors (Lipinski definition) is 5. The van der Waals surface area contributed by atoms with E-state index in [1.54, 1.807) is 35.4 Å². The van der Waals surface area contributed by atoms with E-state index in [1.165, 1.54) is 0 Å². The molecule has 126 valence electrons. The van der Waals surface area contributed by atoms with Crippen molar-refractivity contribution < 1.29 is 14.3 Å². The summed E-state index contributed by atoms with van der Waals surface area (Å²) < 4.78 is 10.6. The fraction of sp³-hybridized carbons (Fsp3) is 0.167. The number of aromatic nitrogens is 3. The van der Waals surface area contributed by atoms with Gasteiger partial charge in [-0.1, -0.05) is 30.3 Å². The molecule has 1 atom stereocenters. The summed E-state index contributed by atoms with van der Waals surface area (Å²) in [5, 5.41) is 11.3. The maximum absolute atomic E-state index is 12.7. The van der Waals surface area contributed by atoms with Gasteiger partial charge in [-0.15, -0.1) is 0 Å². The lowest BCUT2D eigenvalue weighted by molar-refractivity contribution is 0.0930. The molecule has 0 bridgehead atoms. The average Bonchev–Trinajstić information content (AvgIpc) is 3.32. The van der Waals surface area contributed by atoms with Gasteiger partial charge in [0.05, 0.1) is 25.0 Å². The largest absolute Gasteiger partial charge is 0.454 e. The van der Waals surface area contributed by atoms with Gasteiger partial charge in [-0.3, -0.25) is 4.79 Å². The Morgan fingerprint density at radius 2 is 1.84 bits per heavy atom. The predicted molar refractivity (Wildman–Crippen MR) is 89.2 cm³/mol. The molecule has 0 unspecified atom stereocenters. The number of fused-ring (bicyclic) bond motifs is 1. The topological polar surface area (TPSA) is 78.3 Å². The molecule has 0 fully saturated rings. The van der Waals surface area contributed by atoms with Gasteiger partial charge in [0, 0.05) is 5.56 Å². The Kier molecular flexibility index (Phi) is 4.04. The minimum atomic E-state index is -0.258. The van der Waals surface area contributed by atoms with Crippen LogP contribution in [-0.4, -0.2) is 27.7 Å². The number of nitrogens with one attached hydrogen (secondary N) is 1. The Bertz CT molecular complexity index is 865. The second-order valence-electron chi connectivity index (χ2n) is 5.59. The monoisotopic (exact) mass is 336 g/mol. The molecule has 25 heavy (non-hydrogen) atoms. The van der Waals surface area contributed by atoms with Gasteiger partial charge in [0.15, 0.2) is 11.5 Å². The van der Waals surface area contributed by atoms with Gasteiger partial charge in [0.25, 0.3) is 5.91 Å². The van der Waals surface area contributed by atoms with Crippen molar-refractivity contribution >= 4 is 5.91 Å². The van der Waals surface area contributed by atoms with E-state index in [2.05, 4.69) is 15.5 Å². The van der Waals surface area contributed by atoms with E-state index in [0.29, 0.717) is 23.6 Å². The maximum atomic E-state index is 12.7. The zero-order chi connectivity index (χ0) is 17.1. The molecule has 1 aliphatic rings. The summed E-state index contributed by atoms with van der Waals surface area (Å²) in [7, 11) is 0. The highest BCUT2D eigenvalue weighted by Crippen LogP contribution is 2.32. The van der Waals surface area contributed by atoms with Crippen molar-refractivity contribution in [1.82, 2.24) is 20.3 Å². The Morgan fingerprint density at radius 3 is 2.64 bits per heavy atom. The molecular weight excluding hydrogens is 320 g/mol. The number of amides is 1. The van der Waals surface area contributed by atoms with Crippen LogP contribution in [0.3, 0.4) is 0 Å². The van der Waals surface area contributed by atoms with E-state index in [-0.39, 0.29) is 18.7 Å². The van der Waals surface area contributed by atoms with Crippen molar-refractivity contribution in [2.24, 2.45) is 0 Å². The Labute approximate surface area is 144 Å². The summed E-state index contributed by atoms with van der Waals surface area (Å²) >= 11 is 0. The molecule has 3 aromatic rings. The van der Waals surface area contributed by atoms with Gasteiger partial charge in [0.1, 0.15) is 0 Å². The van der Waals surface area contributed by atoms with Gasteiger partial charge in [-0.2, -0.15) is 15.0 Å².